The molecular formula is C16H14ClN3O3. The minimum absolute atomic E-state index is 0.0829. The second-order valence-corrected chi connectivity index (χ2v) is 5.60. The Hall–Kier alpha value is -2.73. The molecule has 0 bridgehead atoms. The molecule has 23 heavy (non-hydrogen) atoms. The fourth-order valence-electron chi connectivity index (χ4n) is 2.48. The number of imidazole rings is 1. The highest BCUT2D eigenvalue weighted by atomic mass is 35.5. The molecule has 1 amide bonds. The van der Waals surface area contributed by atoms with Crippen molar-refractivity contribution >= 4 is 34.2 Å². The lowest BCUT2D eigenvalue weighted by atomic mass is 10.2. The first kappa shape index (κ1) is 15.2. The average Bonchev–Trinajstić information content (AvgIpc) is 2.74. The van der Waals surface area contributed by atoms with Crippen LogP contribution >= 0.6 is 11.6 Å². The van der Waals surface area contributed by atoms with Gasteiger partial charge in [-0.15, -0.1) is 0 Å². The van der Waals surface area contributed by atoms with Gasteiger partial charge >= 0.3 is 5.69 Å². The summed E-state index contributed by atoms with van der Waals surface area (Å²) in [5.41, 5.74) is 1.92. The van der Waals surface area contributed by atoms with Gasteiger partial charge < -0.3 is 10.4 Å². The van der Waals surface area contributed by atoms with Crippen LogP contribution < -0.4 is 11.0 Å². The number of para-hydroxylation sites is 1. The first-order chi connectivity index (χ1) is 10.9. The number of phenols is 1. The van der Waals surface area contributed by atoms with Gasteiger partial charge in [0.2, 0.25) is 0 Å². The van der Waals surface area contributed by atoms with Crippen LogP contribution in [0.4, 0.5) is 5.69 Å². The summed E-state index contributed by atoms with van der Waals surface area (Å²) in [6.07, 6.45) is 0. The zero-order valence-electron chi connectivity index (χ0n) is 12.5. The van der Waals surface area contributed by atoms with Gasteiger partial charge in [-0.05, 0) is 30.3 Å². The van der Waals surface area contributed by atoms with Crippen molar-refractivity contribution in [3.63, 3.8) is 0 Å². The number of carbonyl (C=O) groups is 1. The molecule has 2 N–H and O–H groups in total. The lowest BCUT2D eigenvalue weighted by molar-refractivity contribution is 0.102. The lowest BCUT2D eigenvalue weighted by Crippen LogP contribution is -2.19. The van der Waals surface area contributed by atoms with Crippen LogP contribution in [0.25, 0.3) is 11.0 Å². The van der Waals surface area contributed by atoms with Crippen molar-refractivity contribution in [2.75, 3.05) is 5.32 Å². The highest BCUT2D eigenvalue weighted by Crippen LogP contribution is 2.28. The molecule has 1 aromatic heterocycles. The Morgan fingerprint density at radius 1 is 1.13 bits per heavy atom. The highest BCUT2D eigenvalue weighted by molar-refractivity contribution is 6.32. The number of aryl methyl sites for hydroxylation is 2. The van der Waals surface area contributed by atoms with Crippen molar-refractivity contribution in [1.29, 1.82) is 0 Å². The number of amides is 1. The molecule has 0 unspecified atom stereocenters. The van der Waals surface area contributed by atoms with Crippen LogP contribution in [0.2, 0.25) is 5.02 Å². The summed E-state index contributed by atoms with van der Waals surface area (Å²) in [4.78, 5) is 24.2. The van der Waals surface area contributed by atoms with Gasteiger partial charge in [-0.3, -0.25) is 13.9 Å². The molecule has 2 aromatic carbocycles. The fraction of sp³-hybridized carbons (Fsp3) is 0.125. The predicted octanol–water partition coefficient (Wildman–Crippen LogP) is 2.49. The van der Waals surface area contributed by atoms with E-state index in [1.54, 1.807) is 38.4 Å². The number of fused-ring (bicyclic) bond motifs is 1. The van der Waals surface area contributed by atoms with E-state index in [0.717, 1.165) is 5.52 Å². The van der Waals surface area contributed by atoms with Crippen LogP contribution in [0, 0.1) is 0 Å². The Kier molecular flexibility index (Phi) is 3.61. The molecule has 1 heterocycles. The van der Waals surface area contributed by atoms with Gasteiger partial charge in [0.25, 0.3) is 5.91 Å². The van der Waals surface area contributed by atoms with Crippen LogP contribution in [0.5, 0.6) is 5.75 Å². The molecular weight excluding hydrogens is 318 g/mol. The van der Waals surface area contributed by atoms with E-state index in [-0.39, 0.29) is 22.0 Å². The molecule has 3 rings (SSSR count). The SMILES string of the molecule is Cn1c(=O)n(C)c2cc(NC(=O)c3cccc(Cl)c3O)ccc21. The number of hydrogen-bond donors (Lipinski definition) is 2. The number of anilines is 1. The van der Waals surface area contributed by atoms with Crippen LogP contribution in [0.1, 0.15) is 10.4 Å². The first-order valence-electron chi connectivity index (χ1n) is 6.84. The van der Waals surface area contributed by atoms with Crippen LogP contribution in [0.3, 0.4) is 0 Å². The lowest BCUT2D eigenvalue weighted by Gasteiger charge is -2.08. The molecule has 118 valence electrons. The second-order valence-electron chi connectivity index (χ2n) is 5.19. The smallest absolute Gasteiger partial charge is 0.328 e. The molecule has 7 heteroatoms. The van der Waals surface area contributed by atoms with Crippen molar-refractivity contribution in [2.24, 2.45) is 14.1 Å². The molecule has 0 aliphatic carbocycles. The largest absolute Gasteiger partial charge is 0.506 e. The van der Waals surface area contributed by atoms with Crippen molar-refractivity contribution in [3.8, 4) is 5.75 Å². The van der Waals surface area contributed by atoms with Crippen molar-refractivity contribution in [3.05, 3.63) is 57.5 Å². The summed E-state index contributed by atoms with van der Waals surface area (Å²) in [6.45, 7) is 0. The number of phenolic OH excluding ortho intramolecular Hbond substituents is 1. The maximum Gasteiger partial charge on any atom is 0.328 e. The van der Waals surface area contributed by atoms with E-state index < -0.39 is 5.91 Å². The number of aromatic nitrogens is 2. The molecule has 0 atom stereocenters. The molecule has 0 fully saturated rings. The number of nitrogens with zero attached hydrogens (tertiary/aromatic N) is 2. The summed E-state index contributed by atoms with van der Waals surface area (Å²) in [5, 5.41) is 12.7. The predicted molar refractivity (Wildman–Crippen MR) is 89.2 cm³/mol. The zero-order valence-corrected chi connectivity index (χ0v) is 13.3. The number of carbonyl (C=O) groups excluding carboxylic acids is 1. The minimum Gasteiger partial charge on any atom is -0.506 e. The van der Waals surface area contributed by atoms with Gasteiger partial charge in [0, 0.05) is 19.8 Å². The van der Waals surface area contributed by atoms with Crippen molar-refractivity contribution < 1.29 is 9.90 Å². The summed E-state index contributed by atoms with van der Waals surface area (Å²) < 4.78 is 3.03. The van der Waals surface area contributed by atoms with Crippen LogP contribution in [0.15, 0.2) is 41.2 Å². The summed E-state index contributed by atoms with van der Waals surface area (Å²) in [6, 6.07) is 9.72. The third kappa shape index (κ3) is 2.47. The summed E-state index contributed by atoms with van der Waals surface area (Å²) in [5.74, 6) is -0.745. The molecule has 6 nitrogen and oxygen atoms in total. The quantitative estimate of drug-likeness (QED) is 0.757. The monoisotopic (exact) mass is 331 g/mol. The van der Waals surface area contributed by atoms with Gasteiger partial charge in [0.1, 0.15) is 5.75 Å². The maximum atomic E-state index is 12.3. The Morgan fingerprint density at radius 3 is 2.57 bits per heavy atom. The molecule has 0 saturated carbocycles. The maximum absolute atomic E-state index is 12.3. The Labute approximate surface area is 136 Å². The topological polar surface area (TPSA) is 76.3 Å². The molecule has 0 radical (unpaired) electrons. The van der Waals surface area contributed by atoms with E-state index in [1.165, 1.54) is 21.3 Å². The van der Waals surface area contributed by atoms with Gasteiger partial charge in [-0.2, -0.15) is 0 Å². The van der Waals surface area contributed by atoms with Crippen LogP contribution in [-0.4, -0.2) is 20.1 Å². The number of hydrogen-bond acceptors (Lipinski definition) is 3. The standard InChI is InChI=1S/C16H14ClN3O3/c1-19-12-7-6-9(8-13(12)20(2)16(19)23)18-15(22)10-4-3-5-11(17)14(10)21/h3-8,21H,1-2H3,(H,18,22). The fourth-order valence-corrected chi connectivity index (χ4v) is 2.66. The molecule has 0 spiro atoms. The molecule has 0 aliphatic rings. The Bertz CT molecular complexity index is 988. The third-order valence-corrected chi connectivity index (χ3v) is 4.07. The van der Waals surface area contributed by atoms with E-state index in [2.05, 4.69) is 5.32 Å². The van der Waals surface area contributed by atoms with E-state index in [9.17, 15) is 14.7 Å². The normalized spacial score (nSPS) is 10.9. The minimum atomic E-state index is -0.481. The zero-order chi connectivity index (χ0) is 16.7. The summed E-state index contributed by atoms with van der Waals surface area (Å²) >= 11 is 5.81. The van der Waals surface area contributed by atoms with Crippen molar-refractivity contribution in [1.82, 2.24) is 9.13 Å². The van der Waals surface area contributed by atoms with Gasteiger partial charge in [0.05, 0.1) is 21.6 Å². The average molecular weight is 332 g/mol. The Balaban J connectivity index is 1.98. The van der Waals surface area contributed by atoms with Gasteiger partial charge in [0.15, 0.2) is 0 Å². The highest BCUT2D eigenvalue weighted by Gasteiger charge is 2.14. The number of nitrogens with one attached hydrogen (secondary N) is 1. The van der Waals surface area contributed by atoms with E-state index in [0.29, 0.717) is 11.2 Å². The Morgan fingerprint density at radius 2 is 1.83 bits per heavy atom. The van der Waals surface area contributed by atoms with E-state index >= 15 is 0 Å². The first-order valence-corrected chi connectivity index (χ1v) is 7.22. The second kappa shape index (κ2) is 5.48. The van der Waals surface area contributed by atoms with Crippen LogP contribution in [-0.2, 0) is 14.1 Å². The third-order valence-electron chi connectivity index (χ3n) is 3.76. The number of rotatable bonds is 2. The van der Waals surface area contributed by atoms with E-state index in [1.807, 2.05) is 0 Å². The number of halogens is 1. The number of aromatic hydroxyl groups is 1. The molecule has 0 saturated heterocycles. The summed E-state index contributed by atoms with van der Waals surface area (Å²) in [7, 11) is 3.35. The molecule has 0 aliphatic heterocycles. The van der Waals surface area contributed by atoms with E-state index in [4.69, 9.17) is 11.6 Å². The van der Waals surface area contributed by atoms with Gasteiger partial charge in [-0.25, -0.2) is 4.79 Å². The molecule has 3 aromatic rings. The number of benzene rings is 2. The van der Waals surface area contributed by atoms with Crippen molar-refractivity contribution in [2.45, 2.75) is 0 Å². The van der Waals surface area contributed by atoms with Gasteiger partial charge in [-0.1, -0.05) is 17.7 Å².